The molecule has 0 fully saturated rings. The van der Waals surface area contributed by atoms with Crippen LogP contribution in [0.5, 0.6) is 0 Å². The van der Waals surface area contributed by atoms with E-state index in [4.69, 9.17) is 0 Å². The summed E-state index contributed by atoms with van der Waals surface area (Å²) in [4.78, 5) is 0. The normalized spacial score (nSPS) is 21.0. The van der Waals surface area contributed by atoms with Crippen LogP contribution >= 0.6 is 0 Å². The van der Waals surface area contributed by atoms with Gasteiger partial charge in [0.2, 0.25) is 0 Å². The second-order valence-corrected chi connectivity index (χ2v) is 3.94. The maximum Gasteiger partial charge on any atom is 0.127 e. The number of nitrogens with one attached hydrogen (secondary N) is 1. The Morgan fingerprint density at radius 3 is 3.08 bits per heavy atom. The lowest BCUT2D eigenvalue weighted by atomic mass is 10.1. The summed E-state index contributed by atoms with van der Waals surface area (Å²) in [5.74, 6) is 1.92. The molecule has 0 bridgehead atoms. The number of fused-ring (bicyclic) bond motifs is 1. The van der Waals surface area contributed by atoms with Crippen LogP contribution in [0, 0.1) is 12.8 Å². The summed E-state index contributed by atoms with van der Waals surface area (Å²) in [6.45, 7) is 8.70. The van der Waals surface area contributed by atoms with Gasteiger partial charge in [0.05, 0.1) is 5.69 Å². The number of rotatable bonds is 1. The summed E-state index contributed by atoms with van der Waals surface area (Å²) in [5.41, 5.74) is 2.56. The van der Waals surface area contributed by atoms with Gasteiger partial charge in [-0.25, -0.2) is 4.68 Å². The minimum Gasteiger partial charge on any atom is -0.370 e. The third-order valence-corrected chi connectivity index (χ3v) is 2.73. The highest BCUT2D eigenvalue weighted by molar-refractivity contribution is 5.48. The zero-order valence-electron chi connectivity index (χ0n) is 8.59. The summed E-state index contributed by atoms with van der Waals surface area (Å²) in [6, 6.07) is 0. The fourth-order valence-electron chi connectivity index (χ4n) is 1.92. The molecular formula is C10H17N3. The van der Waals surface area contributed by atoms with E-state index in [2.05, 4.69) is 35.9 Å². The number of anilines is 1. The number of hydrogen-bond donors (Lipinski definition) is 1. The van der Waals surface area contributed by atoms with Gasteiger partial charge in [-0.3, -0.25) is 0 Å². The highest BCUT2D eigenvalue weighted by Crippen LogP contribution is 2.24. The molecular weight excluding hydrogens is 162 g/mol. The molecule has 0 saturated carbocycles. The molecule has 2 rings (SSSR count). The first-order valence-electron chi connectivity index (χ1n) is 5.02. The fraction of sp³-hybridized carbons (Fsp3) is 0.700. The molecule has 0 aromatic carbocycles. The SMILES string of the molecule is CCc1nn2c(c1C)NCC(C)C2. The first-order chi connectivity index (χ1) is 6.22. The average molecular weight is 179 g/mol. The molecule has 0 spiro atoms. The molecule has 1 unspecified atom stereocenters. The number of aryl methyl sites for hydroxylation is 1. The van der Waals surface area contributed by atoms with Gasteiger partial charge in [-0.2, -0.15) is 5.10 Å². The van der Waals surface area contributed by atoms with Crippen molar-refractivity contribution in [2.45, 2.75) is 33.7 Å². The van der Waals surface area contributed by atoms with Crippen LogP contribution in [-0.4, -0.2) is 16.3 Å². The van der Waals surface area contributed by atoms with Gasteiger partial charge in [0.1, 0.15) is 5.82 Å². The molecule has 1 aliphatic heterocycles. The monoisotopic (exact) mass is 179 g/mol. The van der Waals surface area contributed by atoms with E-state index in [0.29, 0.717) is 5.92 Å². The van der Waals surface area contributed by atoms with Gasteiger partial charge < -0.3 is 5.32 Å². The summed E-state index contributed by atoms with van der Waals surface area (Å²) >= 11 is 0. The van der Waals surface area contributed by atoms with Crippen molar-refractivity contribution in [3.63, 3.8) is 0 Å². The number of hydrogen-bond acceptors (Lipinski definition) is 2. The summed E-state index contributed by atoms with van der Waals surface area (Å²) in [6.07, 6.45) is 1.03. The molecule has 72 valence electrons. The predicted octanol–water partition coefficient (Wildman–Crippen LogP) is 1.82. The molecule has 1 aliphatic rings. The van der Waals surface area contributed by atoms with Gasteiger partial charge in [-0.1, -0.05) is 13.8 Å². The number of nitrogens with zero attached hydrogens (tertiary/aromatic N) is 2. The minimum absolute atomic E-state index is 0.691. The molecule has 2 heterocycles. The van der Waals surface area contributed by atoms with Crippen LogP contribution in [0.3, 0.4) is 0 Å². The van der Waals surface area contributed by atoms with Crippen molar-refractivity contribution in [1.29, 1.82) is 0 Å². The summed E-state index contributed by atoms with van der Waals surface area (Å²) < 4.78 is 2.11. The topological polar surface area (TPSA) is 29.9 Å². The molecule has 1 aromatic rings. The van der Waals surface area contributed by atoms with E-state index in [0.717, 1.165) is 19.5 Å². The van der Waals surface area contributed by atoms with E-state index in [-0.39, 0.29) is 0 Å². The Labute approximate surface area is 79.1 Å². The Morgan fingerprint density at radius 2 is 2.38 bits per heavy atom. The average Bonchev–Trinajstić information content (AvgIpc) is 2.42. The Hall–Kier alpha value is -0.990. The van der Waals surface area contributed by atoms with Gasteiger partial charge in [-0.05, 0) is 19.3 Å². The molecule has 3 heteroatoms. The van der Waals surface area contributed by atoms with Gasteiger partial charge in [0.25, 0.3) is 0 Å². The van der Waals surface area contributed by atoms with Crippen LogP contribution in [0.25, 0.3) is 0 Å². The van der Waals surface area contributed by atoms with Crippen molar-refractivity contribution in [2.75, 3.05) is 11.9 Å². The highest BCUT2D eigenvalue weighted by Gasteiger charge is 2.19. The van der Waals surface area contributed by atoms with Gasteiger partial charge in [0.15, 0.2) is 0 Å². The van der Waals surface area contributed by atoms with Gasteiger partial charge >= 0.3 is 0 Å². The standard InChI is InChI=1S/C10H17N3/c1-4-9-8(3)10-11-5-7(2)6-13(10)12-9/h7,11H,4-6H2,1-3H3. The van der Waals surface area contributed by atoms with Crippen LogP contribution < -0.4 is 5.32 Å². The largest absolute Gasteiger partial charge is 0.370 e. The lowest BCUT2D eigenvalue weighted by molar-refractivity contribution is 0.443. The molecule has 1 aromatic heterocycles. The van der Waals surface area contributed by atoms with E-state index in [1.54, 1.807) is 0 Å². The molecule has 0 aliphatic carbocycles. The van der Waals surface area contributed by atoms with Crippen molar-refractivity contribution in [3.05, 3.63) is 11.3 Å². The maximum absolute atomic E-state index is 4.57. The zero-order valence-corrected chi connectivity index (χ0v) is 8.59. The second kappa shape index (κ2) is 3.05. The van der Waals surface area contributed by atoms with E-state index in [1.165, 1.54) is 17.1 Å². The molecule has 13 heavy (non-hydrogen) atoms. The Kier molecular flexibility index (Phi) is 2.02. The second-order valence-electron chi connectivity index (χ2n) is 3.94. The molecule has 0 radical (unpaired) electrons. The smallest absolute Gasteiger partial charge is 0.127 e. The van der Waals surface area contributed by atoms with E-state index >= 15 is 0 Å². The van der Waals surface area contributed by atoms with Crippen LogP contribution in [0.2, 0.25) is 0 Å². The summed E-state index contributed by atoms with van der Waals surface area (Å²) in [7, 11) is 0. The number of aromatic nitrogens is 2. The Bertz CT molecular complexity index is 314. The van der Waals surface area contributed by atoms with E-state index in [1.807, 2.05) is 0 Å². The molecule has 3 nitrogen and oxygen atoms in total. The Balaban J connectivity index is 2.39. The third kappa shape index (κ3) is 1.32. The third-order valence-electron chi connectivity index (χ3n) is 2.73. The van der Waals surface area contributed by atoms with Crippen LogP contribution in [-0.2, 0) is 13.0 Å². The van der Waals surface area contributed by atoms with E-state index in [9.17, 15) is 0 Å². The van der Waals surface area contributed by atoms with Crippen LogP contribution in [0.1, 0.15) is 25.1 Å². The molecule has 1 atom stereocenters. The maximum atomic E-state index is 4.57. The lowest BCUT2D eigenvalue weighted by Crippen LogP contribution is -2.25. The van der Waals surface area contributed by atoms with Gasteiger partial charge in [0, 0.05) is 18.7 Å². The van der Waals surface area contributed by atoms with Crippen LogP contribution in [0.4, 0.5) is 5.82 Å². The van der Waals surface area contributed by atoms with E-state index < -0.39 is 0 Å². The predicted molar refractivity (Wildman–Crippen MR) is 54.0 cm³/mol. The highest BCUT2D eigenvalue weighted by atomic mass is 15.3. The quantitative estimate of drug-likeness (QED) is 0.712. The summed E-state index contributed by atoms with van der Waals surface area (Å²) in [5, 5.41) is 8.01. The minimum atomic E-state index is 0.691. The Morgan fingerprint density at radius 1 is 1.62 bits per heavy atom. The molecule has 0 saturated heterocycles. The van der Waals surface area contributed by atoms with Crippen molar-refractivity contribution >= 4 is 5.82 Å². The molecule has 0 amide bonds. The van der Waals surface area contributed by atoms with Crippen molar-refractivity contribution in [2.24, 2.45) is 5.92 Å². The first kappa shape index (κ1) is 8.60. The van der Waals surface area contributed by atoms with Crippen LogP contribution in [0.15, 0.2) is 0 Å². The first-order valence-corrected chi connectivity index (χ1v) is 5.02. The van der Waals surface area contributed by atoms with Gasteiger partial charge in [-0.15, -0.1) is 0 Å². The lowest BCUT2D eigenvalue weighted by Gasteiger charge is -2.22. The van der Waals surface area contributed by atoms with Crippen molar-refractivity contribution in [3.8, 4) is 0 Å². The fourth-order valence-corrected chi connectivity index (χ4v) is 1.92. The van der Waals surface area contributed by atoms with Crippen molar-refractivity contribution < 1.29 is 0 Å². The van der Waals surface area contributed by atoms with Crippen molar-refractivity contribution in [1.82, 2.24) is 9.78 Å². The zero-order chi connectivity index (χ0) is 9.42. The molecule has 1 N–H and O–H groups in total.